The Hall–Kier alpha value is -1.22. The van der Waals surface area contributed by atoms with Crippen molar-refractivity contribution in [1.82, 2.24) is 5.48 Å². The fourth-order valence-electron chi connectivity index (χ4n) is 1.13. The Morgan fingerprint density at radius 3 is 2.92 bits per heavy atom. The van der Waals surface area contributed by atoms with Crippen LogP contribution in [0, 0.1) is 0 Å². The average molecular weight is 165 g/mol. The molecular formula is C9H11NO2. The molecule has 1 atom stereocenters. The predicted octanol–water partition coefficient (Wildman–Crippen LogP) is 1.35. The van der Waals surface area contributed by atoms with Crippen LogP contribution in [0.5, 0.6) is 11.5 Å². The minimum Gasteiger partial charge on any atom is -0.485 e. The summed E-state index contributed by atoms with van der Waals surface area (Å²) in [5, 5.41) is 0. The largest absolute Gasteiger partial charge is 0.485 e. The molecule has 1 heterocycles. The molecular weight excluding hydrogens is 154 g/mol. The minimum atomic E-state index is 0.147. The van der Waals surface area contributed by atoms with Gasteiger partial charge in [-0.2, -0.15) is 5.48 Å². The lowest BCUT2D eigenvalue weighted by Crippen LogP contribution is -2.27. The van der Waals surface area contributed by atoms with E-state index >= 15 is 0 Å². The Morgan fingerprint density at radius 2 is 2.08 bits per heavy atom. The molecule has 0 aliphatic carbocycles. The molecule has 0 bridgehead atoms. The summed E-state index contributed by atoms with van der Waals surface area (Å²) in [6.07, 6.45) is 0.147. The number of ether oxygens (including phenoxy) is 1. The third-order valence-electron chi connectivity index (χ3n) is 1.73. The maximum Gasteiger partial charge on any atom is 0.188 e. The van der Waals surface area contributed by atoms with Gasteiger partial charge in [0.1, 0.15) is 6.10 Å². The highest BCUT2D eigenvalue weighted by molar-refractivity contribution is 5.39. The van der Waals surface area contributed by atoms with Crippen LogP contribution < -0.4 is 15.1 Å². The fraction of sp³-hybridized carbons (Fsp3) is 0.333. The second kappa shape index (κ2) is 3.03. The van der Waals surface area contributed by atoms with E-state index in [-0.39, 0.29) is 6.10 Å². The van der Waals surface area contributed by atoms with E-state index < -0.39 is 0 Å². The van der Waals surface area contributed by atoms with Gasteiger partial charge in [-0.05, 0) is 19.1 Å². The van der Waals surface area contributed by atoms with E-state index in [1.165, 1.54) is 0 Å². The zero-order valence-electron chi connectivity index (χ0n) is 6.91. The van der Waals surface area contributed by atoms with Crippen molar-refractivity contribution >= 4 is 0 Å². The molecule has 0 radical (unpaired) electrons. The number of fused-ring (bicyclic) bond motifs is 1. The van der Waals surface area contributed by atoms with E-state index in [0.717, 1.165) is 11.5 Å². The predicted molar refractivity (Wildman–Crippen MR) is 45.2 cm³/mol. The highest BCUT2D eigenvalue weighted by Crippen LogP contribution is 2.27. The monoisotopic (exact) mass is 165 g/mol. The first kappa shape index (κ1) is 7.43. The number of rotatable bonds is 0. The van der Waals surface area contributed by atoms with Gasteiger partial charge in [0.2, 0.25) is 0 Å². The van der Waals surface area contributed by atoms with E-state index in [2.05, 4.69) is 5.48 Å². The van der Waals surface area contributed by atoms with Crippen LogP contribution in [0.3, 0.4) is 0 Å². The first-order valence-electron chi connectivity index (χ1n) is 4.01. The summed E-state index contributed by atoms with van der Waals surface area (Å²) in [5.41, 5.74) is 2.83. The number of nitrogens with one attached hydrogen (secondary N) is 1. The first-order valence-corrected chi connectivity index (χ1v) is 4.01. The Kier molecular flexibility index (Phi) is 1.87. The first-order chi connectivity index (χ1) is 5.86. The van der Waals surface area contributed by atoms with E-state index in [1.807, 2.05) is 31.2 Å². The summed E-state index contributed by atoms with van der Waals surface area (Å²) in [7, 11) is 0. The molecule has 0 saturated heterocycles. The van der Waals surface area contributed by atoms with Gasteiger partial charge in [-0.3, -0.25) is 0 Å². The summed E-state index contributed by atoms with van der Waals surface area (Å²) in [5.74, 6) is 1.55. The molecule has 1 aromatic carbocycles. The van der Waals surface area contributed by atoms with Crippen LogP contribution in [-0.2, 0) is 0 Å². The quantitative estimate of drug-likeness (QED) is 0.629. The molecule has 1 aliphatic rings. The molecule has 3 nitrogen and oxygen atoms in total. The molecule has 3 heteroatoms. The lowest BCUT2D eigenvalue weighted by molar-refractivity contribution is 0.171. The van der Waals surface area contributed by atoms with E-state index in [9.17, 15) is 0 Å². The molecule has 2 rings (SSSR count). The fourth-order valence-corrected chi connectivity index (χ4v) is 1.13. The Labute approximate surface area is 71.3 Å². The maximum atomic E-state index is 5.57. The van der Waals surface area contributed by atoms with Gasteiger partial charge in [0.05, 0.1) is 6.54 Å². The van der Waals surface area contributed by atoms with E-state index in [1.54, 1.807) is 0 Å². The zero-order valence-corrected chi connectivity index (χ0v) is 6.91. The topological polar surface area (TPSA) is 30.5 Å². The van der Waals surface area contributed by atoms with Crippen LogP contribution in [0.25, 0.3) is 0 Å². The van der Waals surface area contributed by atoms with Crippen molar-refractivity contribution in [2.45, 2.75) is 13.0 Å². The third kappa shape index (κ3) is 1.36. The number of hydrogen-bond acceptors (Lipinski definition) is 3. The number of benzene rings is 1. The lowest BCUT2D eigenvalue weighted by atomic mass is 10.3. The van der Waals surface area contributed by atoms with E-state index in [4.69, 9.17) is 9.57 Å². The van der Waals surface area contributed by atoms with E-state index in [0.29, 0.717) is 6.54 Å². The second-order valence-electron chi connectivity index (χ2n) is 2.83. The summed E-state index contributed by atoms with van der Waals surface area (Å²) in [6, 6.07) is 7.62. The maximum absolute atomic E-state index is 5.57. The number of para-hydroxylation sites is 2. The van der Waals surface area contributed by atoms with Gasteiger partial charge in [-0.25, -0.2) is 0 Å². The van der Waals surface area contributed by atoms with Crippen molar-refractivity contribution in [3.8, 4) is 11.5 Å². The Bertz CT molecular complexity index is 275. The van der Waals surface area contributed by atoms with Crippen LogP contribution in [0.2, 0.25) is 0 Å². The van der Waals surface area contributed by atoms with Crippen LogP contribution in [0.4, 0.5) is 0 Å². The van der Waals surface area contributed by atoms with Gasteiger partial charge < -0.3 is 9.57 Å². The molecule has 12 heavy (non-hydrogen) atoms. The molecule has 0 saturated carbocycles. The van der Waals surface area contributed by atoms with Crippen LogP contribution in [0.15, 0.2) is 24.3 Å². The molecule has 1 N–H and O–H groups in total. The van der Waals surface area contributed by atoms with Gasteiger partial charge in [0, 0.05) is 0 Å². The molecule has 0 aromatic heterocycles. The Morgan fingerprint density at radius 1 is 1.33 bits per heavy atom. The summed E-state index contributed by atoms with van der Waals surface area (Å²) in [4.78, 5) is 5.24. The van der Waals surface area contributed by atoms with Crippen molar-refractivity contribution in [2.75, 3.05) is 6.54 Å². The van der Waals surface area contributed by atoms with Gasteiger partial charge in [0.15, 0.2) is 11.5 Å². The zero-order chi connectivity index (χ0) is 8.39. The molecule has 64 valence electrons. The van der Waals surface area contributed by atoms with Crippen LogP contribution in [-0.4, -0.2) is 12.6 Å². The SMILES string of the molecule is C[C@@H]1CNOc2ccccc2O1. The molecule has 0 fully saturated rings. The number of hydroxylamine groups is 1. The smallest absolute Gasteiger partial charge is 0.188 e. The van der Waals surface area contributed by atoms with Crippen molar-refractivity contribution in [3.63, 3.8) is 0 Å². The van der Waals surface area contributed by atoms with Gasteiger partial charge in [0.25, 0.3) is 0 Å². The normalized spacial score (nSPS) is 21.6. The van der Waals surface area contributed by atoms with Crippen molar-refractivity contribution in [1.29, 1.82) is 0 Å². The van der Waals surface area contributed by atoms with Crippen molar-refractivity contribution in [2.24, 2.45) is 0 Å². The third-order valence-corrected chi connectivity index (χ3v) is 1.73. The second-order valence-corrected chi connectivity index (χ2v) is 2.83. The summed E-state index contributed by atoms with van der Waals surface area (Å²) >= 11 is 0. The van der Waals surface area contributed by atoms with Gasteiger partial charge >= 0.3 is 0 Å². The minimum absolute atomic E-state index is 0.147. The molecule has 1 aliphatic heterocycles. The average Bonchev–Trinajstić information content (AvgIpc) is 2.25. The standard InChI is InChI=1S/C9H11NO2/c1-7-6-10-12-9-5-3-2-4-8(9)11-7/h2-5,7,10H,6H2,1H3/t7-/m1/s1. The molecule has 0 unspecified atom stereocenters. The van der Waals surface area contributed by atoms with Crippen LogP contribution in [0.1, 0.15) is 6.92 Å². The van der Waals surface area contributed by atoms with Crippen molar-refractivity contribution < 1.29 is 9.57 Å². The highest BCUT2D eigenvalue weighted by Gasteiger charge is 2.13. The van der Waals surface area contributed by atoms with Gasteiger partial charge in [-0.15, -0.1) is 0 Å². The Balaban J connectivity index is 2.31. The van der Waals surface area contributed by atoms with Crippen molar-refractivity contribution in [3.05, 3.63) is 24.3 Å². The number of hydrogen-bond donors (Lipinski definition) is 1. The highest BCUT2D eigenvalue weighted by atomic mass is 16.7. The lowest BCUT2D eigenvalue weighted by Gasteiger charge is -2.08. The summed E-state index contributed by atoms with van der Waals surface area (Å²) < 4.78 is 5.57. The molecule has 0 amide bonds. The van der Waals surface area contributed by atoms with Crippen LogP contribution >= 0.6 is 0 Å². The molecule has 1 aromatic rings. The summed E-state index contributed by atoms with van der Waals surface area (Å²) in [6.45, 7) is 2.70. The molecule has 0 spiro atoms. The van der Waals surface area contributed by atoms with Gasteiger partial charge in [-0.1, -0.05) is 12.1 Å².